The van der Waals surface area contributed by atoms with E-state index in [0.29, 0.717) is 17.9 Å². The number of hydrogen-bond acceptors (Lipinski definition) is 4. The molecule has 0 aliphatic carbocycles. The van der Waals surface area contributed by atoms with Crippen molar-refractivity contribution in [3.63, 3.8) is 0 Å². The Hall–Kier alpha value is -1.82. The van der Waals surface area contributed by atoms with Gasteiger partial charge in [0.2, 0.25) is 5.91 Å². The Labute approximate surface area is 182 Å². The number of benzene rings is 2. The molecule has 0 fully saturated rings. The third-order valence-corrected chi connectivity index (χ3v) is 5.68. The van der Waals surface area contributed by atoms with Crippen molar-refractivity contribution in [3.05, 3.63) is 64.7 Å². The van der Waals surface area contributed by atoms with Gasteiger partial charge in [-0.15, -0.1) is 0 Å². The lowest BCUT2D eigenvalue weighted by Crippen LogP contribution is -2.49. The molecule has 2 aromatic carbocycles. The molecular formula is C23H29ClN2O2S. The number of amides is 1. The highest BCUT2D eigenvalue weighted by atomic mass is 35.5. The van der Waals surface area contributed by atoms with E-state index in [0.717, 1.165) is 28.9 Å². The zero-order valence-corrected chi connectivity index (χ0v) is 18.8. The van der Waals surface area contributed by atoms with Gasteiger partial charge < -0.3 is 5.32 Å². The van der Waals surface area contributed by atoms with Crippen molar-refractivity contribution in [2.45, 2.75) is 63.4 Å². The topological polar surface area (TPSA) is 58.2 Å². The minimum absolute atomic E-state index is 0.0108. The van der Waals surface area contributed by atoms with Crippen LogP contribution in [0.5, 0.6) is 0 Å². The van der Waals surface area contributed by atoms with Crippen LogP contribution in [0.4, 0.5) is 0 Å². The first-order valence-electron chi connectivity index (χ1n) is 9.93. The Balaban J connectivity index is 2.12. The molecule has 1 amide bonds. The van der Waals surface area contributed by atoms with Crippen LogP contribution in [0.25, 0.3) is 0 Å². The van der Waals surface area contributed by atoms with Crippen LogP contribution in [0.3, 0.4) is 0 Å². The number of ketones is 1. The van der Waals surface area contributed by atoms with E-state index in [1.807, 2.05) is 55.5 Å². The number of halogens is 1. The maximum absolute atomic E-state index is 13.0. The van der Waals surface area contributed by atoms with Gasteiger partial charge in [0.05, 0.1) is 6.04 Å². The van der Waals surface area contributed by atoms with Crippen LogP contribution in [0.1, 0.15) is 44.2 Å². The third kappa shape index (κ3) is 8.21. The maximum atomic E-state index is 13.0. The number of carbonyl (C=O) groups excluding carboxylic acids is 2. The molecule has 2 N–H and O–H groups in total. The molecular weight excluding hydrogens is 404 g/mol. The zero-order chi connectivity index (χ0) is 21.2. The lowest BCUT2D eigenvalue weighted by Gasteiger charge is -2.22. The molecule has 2 rings (SSSR count). The van der Waals surface area contributed by atoms with Gasteiger partial charge in [0.15, 0.2) is 5.78 Å². The van der Waals surface area contributed by atoms with E-state index in [9.17, 15) is 9.59 Å². The van der Waals surface area contributed by atoms with Gasteiger partial charge in [-0.2, -0.15) is 0 Å². The van der Waals surface area contributed by atoms with Gasteiger partial charge in [-0.25, -0.2) is 4.72 Å². The van der Waals surface area contributed by atoms with Crippen LogP contribution >= 0.6 is 23.5 Å². The molecule has 29 heavy (non-hydrogen) atoms. The predicted molar refractivity (Wildman–Crippen MR) is 121 cm³/mol. The first-order valence-corrected chi connectivity index (χ1v) is 11.1. The maximum Gasteiger partial charge on any atom is 0.238 e. The molecule has 2 unspecified atom stereocenters. The summed E-state index contributed by atoms with van der Waals surface area (Å²) in [5, 5.41) is 3.60. The molecule has 0 aliphatic heterocycles. The normalized spacial score (nSPS) is 13.0. The Kier molecular flexibility index (Phi) is 9.71. The van der Waals surface area contributed by atoms with E-state index in [1.165, 1.54) is 18.9 Å². The molecule has 0 radical (unpaired) electrons. The van der Waals surface area contributed by atoms with Crippen LogP contribution in [0.15, 0.2) is 53.4 Å². The van der Waals surface area contributed by atoms with Gasteiger partial charge in [0, 0.05) is 9.92 Å². The van der Waals surface area contributed by atoms with E-state index >= 15 is 0 Å². The molecule has 2 atom stereocenters. The van der Waals surface area contributed by atoms with Crippen molar-refractivity contribution in [1.82, 2.24) is 10.0 Å². The largest absolute Gasteiger partial charge is 0.345 e. The Morgan fingerprint density at radius 2 is 1.83 bits per heavy atom. The SMILES string of the molecule is CCCCC(NC(=O)C(Cc1ccccc1)NSc1cc(C)cc(Cl)c1)C(C)=O. The van der Waals surface area contributed by atoms with E-state index in [-0.39, 0.29) is 11.7 Å². The van der Waals surface area contributed by atoms with Crippen LogP contribution in [0.2, 0.25) is 5.02 Å². The molecule has 0 bridgehead atoms. The summed E-state index contributed by atoms with van der Waals surface area (Å²) in [6, 6.07) is 14.7. The highest BCUT2D eigenvalue weighted by Gasteiger charge is 2.24. The number of unbranched alkanes of at least 4 members (excludes halogenated alkanes) is 1. The third-order valence-electron chi connectivity index (χ3n) is 4.59. The van der Waals surface area contributed by atoms with Crippen molar-refractivity contribution in [1.29, 1.82) is 0 Å². The fourth-order valence-corrected chi connectivity index (χ4v) is 4.25. The number of aryl methyl sites for hydroxylation is 1. The summed E-state index contributed by atoms with van der Waals surface area (Å²) in [4.78, 5) is 25.9. The Bertz CT molecular complexity index is 794. The molecule has 0 saturated heterocycles. The lowest BCUT2D eigenvalue weighted by atomic mass is 10.0. The van der Waals surface area contributed by atoms with E-state index < -0.39 is 12.1 Å². The van der Waals surface area contributed by atoms with E-state index in [2.05, 4.69) is 17.0 Å². The molecule has 0 spiro atoms. The van der Waals surface area contributed by atoms with Crippen molar-refractivity contribution in [2.75, 3.05) is 0 Å². The van der Waals surface area contributed by atoms with Gasteiger partial charge in [0.1, 0.15) is 6.04 Å². The van der Waals surface area contributed by atoms with Crippen LogP contribution < -0.4 is 10.0 Å². The molecule has 0 saturated carbocycles. The fraction of sp³-hybridized carbons (Fsp3) is 0.391. The summed E-state index contributed by atoms with van der Waals surface area (Å²) in [5.74, 6) is -0.181. The summed E-state index contributed by atoms with van der Waals surface area (Å²) < 4.78 is 3.27. The number of rotatable bonds is 11. The van der Waals surface area contributed by atoms with Gasteiger partial charge in [-0.3, -0.25) is 9.59 Å². The zero-order valence-electron chi connectivity index (χ0n) is 17.2. The molecule has 0 aliphatic rings. The number of carbonyl (C=O) groups is 2. The predicted octanol–water partition coefficient (Wildman–Crippen LogP) is 5.12. The van der Waals surface area contributed by atoms with Crippen molar-refractivity contribution >= 4 is 35.2 Å². The minimum Gasteiger partial charge on any atom is -0.345 e. The summed E-state index contributed by atoms with van der Waals surface area (Å²) in [6.07, 6.45) is 3.07. The first-order chi connectivity index (χ1) is 13.9. The minimum atomic E-state index is -0.481. The average Bonchev–Trinajstić information content (AvgIpc) is 2.68. The molecule has 0 aromatic heterocycles. The second kappa shape index (κ2) is 12.0. The van der Waals surface area contributed by atoms with E-state index in [1.54, 1.807) is 0 Å². The van der Waals surface area contributed by atoms with Gasteiger partial charge in [-0.1, -0.05) is 61.7 Å². The monoisotopic (exact) mass is 432 g/mol. The van der Waals surface area contributed by atoms with Crippen LogP contribution in [-0.4, -0.2) is 23.8 Å². The second-order valence-electron chi connectivity index (χ2n) is 7.24. The summed E-state index contributed by atoms with van der Waals surface area (Å²) in [5.41, 5.74) is 2.11. The van der Waals surface area contributed by atoms with E-state index in [4.69, 9.17) is 11.6 Å². The summed E-state index contributed by atoms with van der Waals surface area (Å²) in [6.45, 7) is 5.58. The lowest BCUT2D eigenvalue weighted by molar-refractivity contribution is -0.128. The Morgan fingerprint density at radius 3 is 2.45 bits per heavy atom. The van der Waals surface area contributed by atoms with Gasteiger partial charge in [-0.05, 0) is 68.0 Å². The van der Waals surface area contributed by atoms with Crippen LogP contribution in [-0.2, 0) is 16.0 Å². The molecule has 4 nitrogen and oxygen atoms in total. The fourth-order valence-electron chi connectivity index (χ4n) is 3.00. The average molecular weight is 433 g/mol. The molecule has 6 heteroatoms. The standard InChI is InChI=1S/C23H29ClN2O2S/c1-4-5-11-21(17(3)27)25-23(28)22(14-18-9-7-6-8-10-18)26-29-20-13-16(2)12-19(24)15-20/h6-10,12-13,15,21-22,26H,4-5,11,14H2,1-3H3,(H,25,28). The molecule has 156 valence electrons. The molecule has 0 heterocycles. The number of nitrogens with one attached hydrogen (secondary N) is 2. The van der Waals surface area contributed by atoms with Gasteiger partial charge in [0.25, 0.3) is 0 Å². The van der Waals surface area contributed by atoms with Crippen molar-refractivity contribution in [3.8, 4) is 0 Å². The van der Waals surface area contributed by atoms with Crippen molar-refractivity contribution < 1.29 is 9.59 Å². The highest BCUT2D eigenvalue weighted by molar-refractivity contribution is 7.97. The van der Waals surface area contributed by atoms with Crippen LogP contribution in [0, 0.1) is 6.92 Å². The second-order valence-corrected chi connectivity index (χ2v) is 8.59. The summed E-state index contributed by atoms with van der Waals surface area (Å²) in [7, 11) is 0. The first kappa shape index (κ1) is 23.5. The number of hydrogen-bond donors (Lipinski definition) is 2. The highest BCUT2D eigenvalue weighted by Crippen LogP contribution is 2.23. The van der Waals surface area contributed by atoms with Gasteiger partial charge >= 0.3 is 0 Å². The quantitative estimate of drug-likeness (QED) is 0.484. The van der Waals surface area contributed by atoms with Crippen molar-refractivity contribution in [2.24, 2.45) is 0 Å². The molecule has 2 aromatic rings. The Morgan fingerprint density at radius 1 is 1.10 bits per heavy atom. The smallest absolute Gasteiger partial charge is 0.238 e. The number of Topliss-reactive ketones (excluding diaryl/α,β-unsaturated/α-hetero) is 1. The summed E-state index contributed by atoms with van der Waals surface area (Å²) >= 11 is 7.53.